The Morgan fingerprint density at radius 2 is 0.865 bits per heavy atom. The molecule has 0 rings (SSSR count). The van der Waals surface area contributed by atoms with E-state index in [1.165, 1.54) is 19.3 Å². The Hall–Kier alpha value is -5.88. The zero-order valence-electron chi connectivity index (χ0n) is 54.7. The number of carboxylic acid groups (broad SMARTS) is 4. The average molecular weight is 1260 g/mol. The van der Waals surface area contributed by atoms with Crippen LogP contribution in [0.25, 0.3) is 0 Å². The minimum atomic E-state index is -1.13. The van der Waals surface area contributed by atoms with E-state index >= 15 is 0 Å². The van der Waals surface area contributed by atoms with Gasteiger partial charge in [-0.3, -0.25) is 38.4 Å². The number of allylic oxidation sites excluding steroid dienone is 12. The van der Waals surface area contributed by atoms with E-state index in [0.29, 0.717) is 38.5 Å². The number of carbonyl (C=O) groups is 8. The molecule has 0 fully saturated rings. The predicted octanol–water partition coefficient (Wildman–Crippen LogP) is 15.0. The van der Waals surface area contributed by atoms with Crippen LogP contribution in [0.15, 0.2) is 72.9 Å². The van der Waals surface area contributed by atoms with Crippen LogP contribution in [0.4, 0.5) is 0 Å². The standard InChI is InChI=1S/C71H116O18/c1-5-8-10-11-27-36-43-58(56(4)71(85)88-53-60(73)52-72)44-37-29-25-26-33-41-49-68(80)89-61(54-86-66(78)47-39-31-23-19-15-13-12-14-17-21-28-35-42-57(7-3)62(69(81)82)50-64(74)75)55-87-67(79)48-40-32-24-20-16-18-22-30-38-46-59(45-34-9-6-2)63(70(83)84)51-65(76)77/h12,14,21-22,28,30,35,37-38,42,44,46,56-63,72-73H,5-11,13,15-20,23-27,29,31-34,36,39-41,43,45,47-55H2,1-4H3,(H,74,75)(H,76,77)(H,81,82)(H,83,84)/b14-12-,28-21-,30-22-,42-35+,44-37+,46-38+. The third-order valence-electron chi connectivity index (χ3n) is 15.8. The highest BCUT2D eigenvalue weighted by molar-refractivity contribution is 5.79. The Labute approximate surface area is 533 Å². The summed E-state index contributed by atoms with van der Waals surface area (Å²) in [6.07, 6.45) is 47.4. The van der Waals surface area contributed by atoms with Gasteiger partial charge >= 0.3 is 47.8 Å². The minimum Gasteiger partial charge on any atom is -0.481 e. The van der Waals surface area contributed by atoms with E-state index in [4.69, 9.17) is 29.2 Å². The summed E-state index contributed by atoms with van der Waals surface area (Å²) < 4.78 is 22.1. The maximum Gasteiger partial charge on any atom is 0.309 e. The lowest BCUT2D eigenvalue weighted by atomic mass is 9.85. The van der Waals surface area contributed by atoms with E-state index in [1.54, 1.807) is 12.2 Å². The van der Waals surface area contributed by atoms with Crippen molar-refractivity contribution < 1.29 is 87.9 Å². The Bertz CT molecular complexity index is 2090. The van der Waals surface area contributed by atoms with Crippen LogP contribution >= 0.6 is 0 Å². The zero-order chi connectivity index (χ0) is 66.1. The zero-order valence-corrected chi connectivity index (χ0v) is 54.7. The van der Waals surface area contributed by atoms with Crippen LogP contribution in [0, 0.1) is 35.5 Å². The highest BCUT2D eigenvalue weighted by Crippen LogP contribution is 2.27. The van der Waals surface area contributed by atoms with E-state index in [0.717, 1.165) is 135 Å². The van der Waals surface area contributed by atoms with E-state index in [1.807, 2.05) is 50.3 Å². The summed E-state index contributed by atoms with van der Waals surface area (Å²) in [7, 11) is 0. The highest BCUT2D eigenvalue weighted by atomic mass is 16.6. The summed E-state index contributed by atoms with van der Waals surface area (Å²) in [6, 6.07) is 0. The summed E-state index contributed by atoms with van der Waals surface area (Å²) >= 11 is 0. The van der Waals surface area contributed by atoms with Gasteiger partial charge in [-0.15, -0.1) is 0 Å². The Morgan fingerprint density at radius 3 is 1.39 bits per heavy atom. The molecular weight excluding hydrogens is 1140 g/mol. The van der Waals surface area contributed by atoms with Crippen LogP contribution < -0.4 is 0 Å². The molecule has 0 heterocycles. The lowest BCUT2D eigenvalue weighted by Gasteiger charge is -2.20. The summed E-state index contributed by atoms with van der Waals surface area (Å²) in [5.74, 6) is -9.28. The van der Waals surface area contributed by atoms with Crippen LogP contribution in [0.1, 0.15) is 252 Å². The van der Waals surface area contributed by atoms with Crippen molar-refractivity contribution >= 4 is 47.8 Å². The van der Waals surface area contributed by atoms with Crippen LogP contribution in [0.5, 0.6) is 0 Å². The summed E-state index contributed by atoms with van der Waals surface area (Å²) in [5.41, 5.74) is 0. The molecule has 0 spiro atoms. The molecule has 6 N–H and O–H groups in total. The molecule has 0 aromatic carbocycles. The van der Waals surface area contributed by atoms with Crippen LogP contribution in [0.2, 0.25) is 0 Å². The molecular formula is C71H116O18. The maximum absolute atomic E-state index is 13.1. The number of unbranched alkanes of at least 4 members (excludes halogenated alkanes) is 21. The highest BCUT2D eigenvalue weighted by Gasteiger charge is 2.30. The third-order valence-corrected chi connectivity index (χ3v) is 15.8. The number of aliphatic hydroxyl groups excluding tert-OH is 2. The molecule has 0 aromatic rings. The molecule has 0 saturated heterocycles. The molecule has 0 bridgehead atoms. The van der Waals surface area contributed by atoms with Crippen molar-refractivity contribution in [3.63, 3.8) is 0 Å². The minimum absolute atomic E-state index is 0.0137. The van der Waals surface area contributed by atoms with E-state index < -0.39 is 97.2 Å². The van der Waals surface area contributed by atoms with Crippen molar-refractivity contribution in [1.82, 2.24) is 0 Å². The molecule has 0 aliphatic carbocycles. The molecule has 508 valence electrons. The van der Waals surface area contributed by atoms with E-state index in [-0.39, 0.29) is 56.8 Å². The van der Waals surface area contributed by atoms with E-state index in [9.17, 15) is 58.8 Å². The summed E-state index contributed by atoms with van der Waals surface area (Å²) in [4.78, 5) is 97.3. The fourth-order valence-corrected chi connectivity index (χ4v) is 10.2. The smallest absolute Gasteiger partial charge is 0.309 e. The molecule has 0 radical (unpaired) electrons. The lowest BCUT2D eigenvalue weighted by Crippen LogP contribution is -2.30. The van der Waals surface area contributed by atoms with Gasteiger partial charge in [-0.2, -0.15) is 0 Å². The first kappa shape index (κ1) is 83.1. The molecule has 0 aliphatic heterocycles. The normalized spacial score (nSPS) is 14.7. The van der Waals surface area contributed by atoms with Crippen molar-refractivity contribution in [2.24, 2.45) is 35.5 Å². The van der Waals surface area contributed by atoms with Gasteiger partial charge in [0, 0.05) is 19.3 Å². The van der Waals surface area contributed by atoms with Gasteiger partial charge in [0.25, 0.3) is 0 Å². The number of esters is 4. The van der Waals surface area contributed by atoms with Crippen molar-refractivity contribution in [2.45, 2.75) is 265 Å². The SMILES string of the molecule is CCCCCCCCC(/C=C/CCCCCCC(=O)OC(COC(=O)CCCCCCC/C=C\C=C\C(CCCCC)C(CC(=O)O)C(=O)O)COC(=O)CCCCCCC/C=C\C/C=C\C=C\C(CC)C(CC(=O)O)C(=O)O)C(C)C(=O)OCC(O)CO. The van der Waals surface area contributed by atoms with Crippen molar-refractivity contribution in [3.05, 3.63) is 72.9 Å². The molecule has 8 atom stereocenters. The Kier molecular flexibility index (Phi) is 53.5. The molecule has 0 aliphatic rings. The number of aliphatic hydroxyl groups is 2. The van der Waals surface area contributed by atoms with Crippen molar-refractivity contribution in [1.29, 1.82) is 0 Å². The van der Waals surface area contributed by atoms with Gasteiger partial charge in [0.05, 0.1) is 37.2 Å². The first-order chi connectivity index (χ1) is 42.9. The van der Waals surface area contributed by atoms with Gasteiger partial charge in [-0.05, 0) is 101 Å². The summed E-state index contributed by atoms with van der Waals surface area (Å²) in [6.45, 7) is 6.72. The second-order valence-corrected chi connectivity index (χ2v) is 23.6. The second-order valence-electron chi connectivity index (χ2n) is 23.6. The van der Waals surface area contributed by atoms with Gasteiger partial charge in [-0.1, -0.05) is 210 Å². The van der Waals surface area contributed by atoms with Crippen LogP contribution in [-0.4, -0.2) is 117 Å². The summed E-state index contributed by atoms with van der Waals surface area (Å²) in [5, 5.41) is 56.2. The average Bonchev–Trinajstić information content (AvgIpc) is 3.72. The van der Waals surface area contributed by atoms with Gasteiger partial charge < -0.3 is 49.6 Å². The number of rotatable bonds is 60. The number of hydrogen-bond donors (Lipinski definition) is 6. The first-order valence-electron chi connectivity index (χ1n) is 33.7. The van der Waals surface area contributed by atoms with Crippen molar-refractivity contribution in [2.75, 3.05) is 26.4 Å². The Morgan fingerprint density at radius 1 is 0.427 bits per heavy atom. The van der Waals surface area contributed by atoms with Crippen molar-refractivity contribution in [3.8, 4) is 0 Å². The molecule has 18 nitrogen and oxygen atoms in total. The molecule has 89 heavy (non-hydrogen) atoms. The van der Waals surface area contributed by atoms with E-state index in [2.05, 4.69) is 38.2 Å². The quantitative estimate of drug-likeness (QED) is 0.0108. The number of ether oxygens (including phenoxy) is 4. The maximum atomic E-state index is 13.1. The largest absolute Gasteiger partial charge is 0.481 e. The number of carbonyl (C=O) groups excluding carboxylic acids is 4. The monoisotopic (exact) mass is 1260 g/mol. The number of aliphatic carboxylic acids is 4. The fourth-order valence-electron chi connectivity index (χ4n) is 10.2. The molecule has 0 aromatic heterocycles. The van der Waals surface area contributed by atoms with Crippen LogP contribution in [0.3, 0.4) is 0 Å². The third kappa shape index (κ3) is 48.6. The van der Waals surface area contributed by atoms with Gasteiger partial charge in [0.2, 0.25) is 0 Å². The van der Waals surface area contributed by atoms with Gasteiger partial charge in [0.1, 0.15) is 25.9 Å². The first-order valence-corrected chi connectivity index (χ1v) is 33.7. The lowest BCUT2D eigenvalue weighted by molar-refractivity contribution is -0.167. The van der Waals surface area contributed by atoms with Gasteiger partial charge in [0.15, 0.2) is 6.10 Å². The fraction of sp³-hybridized carbons (Fsp3) is 0.718. The molecule has 8 unspecified atom stereocenters. The predicted molar refractivity (Wildman–Crippen MR) is 346 cm³/mol. The molecule has 0 amide bonds. The topological polar surface area (TPSA) is 295 Å². The number of carboxylic acids is 4. The van der Waals surface area contributed by atoms with Crippen LogP contribution in [-0.2, 0) is 57.3 Å². The second kappa shape index (κ2) is 57.3. The molecule has 18 heteroatoms. The van der Waals surface area contributed by atoms with Gasteiger partial charge in [-0.25, -0.2) is 0 Å². The number of hydrogen-bond acceptors (Lipinski definition) is 14. The molecule has 0 saturated carbocycles. The Balaban J connectivity index is 5.20.